The molecule has 1 aliphatic heterocycles. The van der Waals surface area contributed by atoms with E-state index < -0.39 is 0 Å². The van der Waals surface area contributed by atoms with Gasteiger partial charge in [0.15, 0.2) is 5.78 Å². The fraction of sp³-hybridized carbons (Fsp3) is 0.188. The lowest BCUT2D eigenvalue weighted by Gasteiger charge is -2.12. The number of anilines is 1. The van der Waals surface area contributed by atoms with Gasteiger partial charge in [-0.05, 0) is 18.1 Å². The molecule has 0 fully saturated rings. The molecule has 0 radical (unpaired) electrons. The minimum atomic E-state index is 0.128. The Hall–Kier alpha value is -2.09. The normalized spacial score (nSPS) is 13.5. The second-order valence-electron chi connectivity index (χ2n) is 4.67. The van der Waals surface area contributed by atoms with Crippen molar-refractivity contribution in [3.63, 3.8) is 0 Å². The molecule has 0 saturated carbocycles. The maximum atomic E-state index is 12.5. The molecule has 0 aliphatic carbocycles. The smallest absolute Gasteiger partial charge is 0.193 e. The summed E-state index contributed by atoms with van der Waals surface area (Å²) < 4.78 is 0. The summed E-state index contributed by atoms with van der Waals surface area (Å²) in [5, 5.41) is 0. The average Bonchev–Trinajstić information content (AvgIpc) is 2.81. The molecule has 2 heteroatoms. The van der Waals surface area contributed by atoms with Crippen LogP contribution >= 0.6 is 0 Å². The molecular formula is C16H15NO. The van der Waals surface area contributed by atoms with Crippen LogP contribution in [0.3, 0.4) is 0 Å². The maximum Gasteiger partial charge on any atom is 0.193 e. The van der Waals surface area contributed by atoms with Crippen LogP contribution < -0.4 is 4.90 Å². The standard InChI is InChI=1S/C16H15NO/c1-17-11-10-13-14(8-5-9-15(13)17)16(18)12-6-3-2-4-7-12/h2-9H,10-11H2,1H3. The van der Waals surface area contributed by atoms with Crippen LogP contribution in [0.15, 0.2) is 48.5 Å². The van der Waals surface area contributed by atoms with Crippen molar-refractivity contribution in [3.05, 3.63) is 65.2 Å². The summed E-state index contributed by atoms with van der Waals surface area (Å²) in [7, 11) is 2.07. The second kappa shape index (κ2) is 4.30. The molecule has 0 atom stereocenters. The average molecular weight is 237 g/mol. The highest BCUT2D eigenvalue weighted by atomic mass is 16.1. The number of hydrogen-bond donors (Lipinski definition) is 0. The Morgan fingerprint density at radius 2 is 1.83 bits per heavy atom. The van der Waals surface area contributed by atoms with Crippen LogP contribution in [0.1, 0.15) is 21.5 Å². The molecule has 1 heterocycles. The Bertz CT molecular complexity index is 589. The predicted molar refractivity (Wildman–Crippen MR) is 73.3 cm³/mol. The molecule has 0 N–H and O–H groups in total. The third-order valence-corrected chi connectivity index (χ3v) is 3.54. The molecule has 0 bridgehead atoms. The summed E-state index contributed by atoms with van der Waals surface area (Å²) in [5.41, 5.74) is 3.99. The van der Waals surface area contributed by atoms with E-state index in [1.165, 1.54) is 11.3 Å². The first-order valence-corrected chi connectivity index (χ1v) is 6.20. The van der Waals surface area contributed by atoms with Crippen LogP contribution in [0.4, 0.5) is 5.69 Å². The lowest BCUT2D eigenvalue weighted by molar-refractivity contribution is 0.103. The van der Waals surface area contributed by atoms with E-state index in [9.17, 15) is 4.79 Å². The van der Waals surface area contributed by atoms with E-state index in [0.29, 0.717) is 0 Å². The number of carbonyl (C=O) groups excluding carboxylic acids is 1. The van der Waals surface area contributed by atoms with Crippen LogP contribution in [0.25, 0.3) is 0 Å². The first-order chi connectivity index (χ1) is 8.77. The van der Waals surface area contributed by atoms with Gasteiger partial charge in [-0.1, -0.05) is 42.5 Å². The highest BCUT2D eigenvalue weighted by Gasteiger charge is 2.22. The van der Waals surface area contributed by atoms with Crippen LogP contribution in [0, 0.1) is 0 Å². The summed E-state index contributed by atoms with van der Waals surface area (Å²) in [6.07, 6.45) is 0.959. The Kier molecular flexibility index (Phi) is 2.63. The third-order valence-electron chi connectivity index (χ3n) is 3.54. The van der Waals surface area contributed by atoms with Crippen LogP contribution in [-0.2, 0) is 6.42 Å². The first-order valence-electron chi connectivity index (χ1n) is 6.20. The molecule has 3 rings (SSSR count). The molecule has 90 valence electrons. The van der Waals surface area contributed by atoms with Gasteiger partial charge in [0.1, 0.15) is 0 Å². The van der Waals surface area contributed by atoms with Crippen molar-refractivity contribution >= 4 is 11.5 Å². The molecule has 2 nitrogen and oxygen atoms in total. The zero-order valence-corrected chi connectivity index (χ0v) is 10.4. The number of ketones is 1. The van der Waals surface area contributed by atoms with Gasteiger partial charge in [0, 0.05) is 30.4 Å². The minimum Gasteiger partial charge on any atom is -0.374 e. The number of likely N-dealkylation sites (N-methyl/N-ethyl adjacent to an activating group) is 1. The first kappa shape index (κ1) is 11.0. The van der Waals surface area contributed by atoms with Crippen LogP contribution in [-0.4, -0.2) is 19.4 Å². The fourth-order valence-electron chi connectivity index (χ4n) is 2.55. The summed E-state index contributed by atoms with van der Waals surface area (Å²) >= 11 is 0. The van der Waals surface area contributed by atoms with E-state index >= 15 is 0 Å². The van der Waals surface area contributed by atoms with Gasteiger partial charge < -0.3 is 4.90 Å². The van der Waals surface area contributed by atoms with Crippen molar-refractivity contribution in [2.75, 3.05) is 18.5 Å². The largest absolute Gasteiger partial charge is 0.374 e. The van der Waals surface area contributed by atoms with E-state index in [1.807, 2.05) is 42.5 Å². The maximum absolute atomic E-state index is 12.5. The predicted octanol–water partition coefficient (Wildman–Crippen LogP) is 2.91. The highest BCUT2D eigenvalue weighted by Crippen LogP contribution is 2.30. The fourth-order valence-corrected chi connectivity index (χ4v) is 2.55. The summed E-state index contributed by atoms with van der Waals surface area (Å²) in [6.45, 7) is 0.994. The lowest BCUT2D eigenvalue weighted by Crippen LogP contribution is -2.12. The summed E-state index contributed by atoms with van der Waals surface area (Å²) in [6, 6.07) is 15.5. The second-order valence-corrected chi connectivity index (χ2v) is 4.67. The molecule has 1 aliphatic rings. The van der Waals surface area contributed by atoms with Crippen molar-refractivity contribution in [1.29, 1.82) is 0 Å². The van der Waals surface area contributed by atoms with Crippen molar-refractivity contribution in [3.8, 4) is 0 Å². The van der Waals surface area contributed by atoms with E-state index in [1.54, 1.807) is 0 Å². The van der Waals surface area contributed by atoms with Crippen LogP contribution in [0.2, 0.25) is 0 Å². The van der Waals surface area contributed by atoms with Gasteiger partial charge in [-0.3, -0.25) is 4.79 Å². The van der Waals surface area contributed by atoms with Gasteiger partial charge in [-0.15, -0.1) is 0 Å². The van der Waals surface area contributed by atoms with E-state index in [-0.39, 0.29) is 5.78 Å². The Balaban J connectivity index is 2.07. The molecule has 2 aromatic rings. The molecule has 0 unspecified atom stereocenters. The lowest BCUT2D eigenvalue weighted by atomic mass is 9.97. The Morgan fingerprint density at radius 3 is 2.61 bits per heavy atom. The number of hydrogen-bond acceptors (Lipinski definition) is 2. The monoisotopic (exact) mass is 237 g/mol. The van der Waals surface area contributed by atoms with Gasteiger partial charge in [0.2, 0.25) is 0 Å². The highest BCUT2D eigenvalue weighted by molar-refractivity contribution is 6.10. The SMILES string of the molecule is CN1CCc2c(C(=O)c3ccccc3)cccc21. The minimum absolute atomic E-state index is 0.128. The number of benzene rings is 2. The molecule has 0 amide bonds. The van der Waals surface area contributed by atoms with Crippen molar-refractivity contribution in [2.24, 2.45) is 0 Å². The zero-order valence-electron chi connectivity index (χ0n) is 10.4. The molecule has 18 heavy (non-hydrogen) atoms. The topological polar surface area (TPSA) is 20.3 Å². The number of carbonyl (C=O) groups is 1. The van der Waals surface area contributed by atoms with Gasteiger partial charge in [-0.2, -0.15) is 0 Å². The summed E-state index contributed by atoms with van der Waals surface area (Å²) in [4.78, 5) is 14.7. The van der Waals surface area contributed by atoms with Gasteiger partial charge in [0.25, 0.3) is 0 Å². The van der Waals surface area contributed by atoms with Gasteiger partial charge >= 0.3 is 0 Å². The van der Waals surface area contributed by atoms with Crippen molar-refractivity contribution < 1.29 is 4.79 Å². The van der Waals surface area contributed by atoms with Crippen molar-refractivity contribution in [1.82, 2.24) is 0 Å². The van der Waals surface area contributed by atoms with Crippen LogP contribution in [0.5, 0.6) is 0 Å². The quantitative estimate of drug-likeness (QED) is 0.748. The van der Waals surface area contributed by atoms with E-state index in [2.05, 4.69) is 18.0 Å². The van der Waals surface area contributed by atoms with Gasteiger partial charge in [-0.25, -0.2) is 0 Å². The molecule has 0 saturated heterocycles. The molecule has 2 aromatic carbocycles. The molecule has 0 spiro atoms. The zero-order chi connectivity index (χ0) is 12.5. The molecular weight excluding hydrogens is 222 g/mol. The van der Waals surface area contributed by atoms with E-state index in [0.717, 1.165) is 24.1 Å². The number of nitrogens with zero attached hydrogens (tertiary/aromatic N) is 1. The van der Waals surface area contributed by atoms with Gasteiger partial charge in [0.05, 0.1) is 0 Å². The summed E-state index contributed by atoms with van der Waals surface area (Å²) in [5.74, 6) is 0.128. The van der Waals surface area contributed by atoms with E-state index in [4.69, 9.17) is 0 Å². The number of fused-ring (bicyclic) bond motifs is 1. The Morgan fingerprint density at radius 1 is 1.06 bits per heavy atom. The Labute approximate surface area is 107 Å². The number of rotatable bonds is 2. The van der Waals surface area contributed by atoms with Crippen molar-refractivity contribution in [2.45, 2.75) is 6.42 Å². The molecule has 0 aromatic heterocycles. The third kappa shape index (κ3) is 1.70.